The van der Waals surface area contributed by atoms with Crippen LogP contribution < -0.4 is 0 Å². The Hall–Kier alpha value is 29.9. The maximum Gasteiger partial charge on any atom is 0 e. The first-order chi connectivity index (χ1) is 1.91. The Morgan fingerprint density at radius 1 is 0.170 bits per heavy atom. The molecule has 0 N–H and O–H groups in total. The summed E-state index contributed by atoms with van der Waals surface area (Å²) in [6.45, 7) is 2.08. The van der Waals surface area contributed by atoms with Crippen LogP contribution >= 0.6 is 0 Å². The van der Waals surface area contributed by atoms with Crippen LogP contribution in [0.25, 0.3) is 0 Å². The van der Waals surface area contributed by atoms with E-state index in [1.165, 1.54) is 0 Å². The monoisotopic (exact) mass is 7980 g/mol. The minimum absolute atomic E-state index is 0. The van der Waals surface area contributed by atoms with Crippen LogP contribution in [-0.2, 0) is 918 Å². The van der Waals surface area contributed by atoms with Gasteiger partial charge in [-0.05, 0) is 0 Å². The van der Waals surface area contributed by atoms with Crippen LogP contribution in [-0.4, -0.2) is 5.75 Å². The van der Waals surface area contributed by atoms with Crippen LogP contribution in [0.2, 0.25) is 0 Å². The van der Waals surface area contributed by atoms with Gasteiger partial charge < -0.3 is 12.6 Å². The van der Waals surface area contributed by atoms with Crippen LogP contribution in [0.5, 0.6) is 0 Å². The Morgan fingerprint density at radius 3 is 0.191 bits per heavy atom. The van der Waals surface area contributed by atoms with E-state index in [4.69, 9.17) is 0 Å². The van der Waals surface area contributed by atoms with Gasteiger partial charge in [0.25, 0.3) is 0 Å². The molecule has 0 fully saturated rings. The average Bonchev–Trinajstić information content (AvgIpc) is 1.37. The van der Waals surface area contributed by atoms with Gasteiger partial charge in [-0.1, -0.05) is 13.3 Å². The summed E-state index contributed by atoms with van der Waals surface area (Å²) in [5.74, 6) is 0.903. The first-order valence-electron chi connectivity index (χ1n) is 1.50. The van der Waals surface area contributed by atoms with E-state index in [-0.39, 0.29) is 906 Å². The molecule has 0 aromatic carbocycles. The molecular weight excluding hydrogens is 7970 g/mol. The molecule has 0 amide bonds. The van der Waals surface area contributed by atoms with E-state index in [9.17, 15) is 0 Å². The predicted molar refractivity (Wildman–Crippen MR) is 22.5 cm³/mol. The van der Waals surface area contributed by atoms with Crippen LogP contribution in [0.15, 0.2) is 0 Å². The third-order valence-corrected chi connectivity index (χ3v) is 0.612. The smallest absolute Gasteiger partial charge is 0 e. The van der Waals surface area contributed by atoms with E-state index in [0.717, 1.165) is 12.2 Å². The zero-order valence-electron chi connectivity index (χ0n) is 20.4. The van der Waals surface area contributed by atoms with Gasteiger partial charge in [0.2, 0.25) is 0 Å². The molecule has 0 atom stereocenters. The Morgan fingerprint density at radius 2 is 0.191 bits per heavy atom. The van der Waals surface area contributed by atoms with Gasteiger partial charge in [-0.25, -0.2) is 0 Å². The molecule has 0 rings (SSSR count). The zero-order chi connectivity index (χ0) is 3.41. The van der Waals surface area contributed by atoms with Gasteiger partial charge in [0.1, 0.15) is 0 Å². The first kappa shape index (κ1) is 409. The number of hydrogen-bond donors (Lipinski definition) is 0. The molecule has 0 unspecified atom stereocenters. The molecule has 47 heavy (non-hydrogen) atoms. The normalized spacial score (nSPS) is 0.638. The third kappa shape index (κ3) is 434. The van der Waals surface area contributed by atoms with Crippen LogP contribution in [0.4, 0.5) is 0 Å². The quantitative estimate of drug-likeness (QED) is 0.352. The summed E-state index contributed by atoms with van der Waals surface area (Å²) in [5, 5.41) is 0. The van der Waals surface area contributed by atoms with Crippen molar-refractivity contribution in [2.24, 2.45) is 0 Å². The van der Waals surface area contributed by atoms with Gasteiger partial charge in [-0.3, -0.25) is 0 Å². The molecule has 284 valence electrons. The maximum absolute atomic E-state index is 4.55. The third-order valence-electron chi connectivity index (χ3n) is 0.204. The zero-order valence-corrected chi connectivity index (χ0v) is 147. The molecular formula is C3H7SW43-. The Balaban J connectivity index is -0.0000000000498. The largest absolute Gasteiger partial charge is 0.793 e. The molecule has 0 spiro atoms. The summed E-state index contributed by atoms with van der Waals surface area (Å²) >= 11 is 4.55. The summed E-state index contributed by atoms with van der Waals surface area (Å²) < 4.78 is 0. The van der Waals surface area contributed by atoms with Crippen molar-refractivity contribution in [3.05, 3.63) is 0 Å². The summed E-state index contributed by atoms with van der Waals surface area (Å²) in [4.78, 5) is 0. The van der Waals surface area contributed by atoms with Crippen molar-refractivity contribution >= 4 is 12.6 Å². The summed E-state index contributed by atoms with van der Waals surface area (Å²) in [7, 11) is 0. The number of hydrogen-bond acceptors (Lipinski definition) is 1. The molecule has 0 saturated heterocycles. The van der Waals surface area contributed by atoms with Crippen LogP contribution in [0.3, 0.4) is 0 Å². The van der Waals surface area contributed by atoms with Crippen LogP contribution in [0.1, 0.15) is 13.3 Å². The van der Waals surface area contributed by atoms with Gasteiger partial charge >= 0.3 is 0 Å². The molecule has 0 nitrogen and oxygen atoms in total. The topological polar surface area (TPSA) is 0 Å². The molecule has 0 radical (unpaired) electrons. The second-order valence-corrected chi connectivity index (χ2v) is 1.11. The Labute approximate surface area is 909 Å². The van der Waals surface area contributed by atoms with Gasteiger partial charge in [0.05, 0.1) is 0 Å². The summed E-state index contributed by atoms with van der Waals surface area (Å²) in [5.41, 5.74) is 0. The molecule has 0 heterocycles. The van der Waals surface area contributed by atoms with Crippen molar-refractivity contribution in [2.75, 3.05) is 5.75 Å². The van der Waals surface area contributed by atoms with Gasteiger partial charge in [0.15, 0.2) is 0 Å². The van der Waals surface area contributed by atoms with Crippen molar-refractivity contribution < 1.29 is 906 Å². The first-order valence-corrected chi connectivity index (χ1v) is 2.07. The van der Waals surface area contributed by atoms with E-state index in [1.807, 2.05) is 0 Å². The molecule has 0 aliphatic carbocycles. The summed E-state index contributed by atoms with van der Waals surface area (Å²) in [6.07, 6.45) is 1.13. The fraction of sp³-hybridized carbons (Fsp3) is 1.00. The minimum atomic E-state index is 0. The van der Waals surface area contributed by atoms with E-state index < -0.39 is 0 Å². The molecule has 0 saturated carbocycles. The maximum atomic E-state index is 4.55. The second-order valence-electron chi connectivity index (χ2n) is 0.704. The van der Waals surface area contributed by atoms with E-state index in [1.54, 1.807) is 0 Å². The molecule has 44 heteroatoms. The van der Waals surface area contributed by atoms with Gasteiger partial charge in [-0.2, -0.15) is 5.75 Å². The van der Waals surface area contributed by atoms with Gasteiger partial charge in [0, 0.05) is 906 Å². The molecule has 0 aliphatic heterocycles. The fourth-order valence-electron chi connectivity index (χ4n) is 0. The van der Waals surface area contributed by atoms with Crippen molar-refractivity contribution in [3.8, 4) is 0 Å². The Bertz CT molecular complexity index is 25.0. The second kappa shape index (κ2) is 418. The summed E-state index contributed by atoms with van der Waals surface area (Å²) in [6, 6.07) is 0. The number of rotatable bonds is 1. The SMILES string of the molecule is CCC[S-].[W].[W].[W].[W].[W].[W].[W].[W].[W].[W].[W].[W].[W].[W].[W].[W].[W].[W].[W].[W].[W].[W].[W].[W].[W].[W].[W].[W].[W].[W].[W].[W].[W].[W].[W].[W].[W].[W].[W].[W].[W].[W].[W]. The van der Waals surface area contributed by atoms with Crippen molar-refractivity contribution in [2.45, 2.75) is 13.3 Å². The molecule has 0 aliphatic rings. The predicted octanol–water partition coefficient (Wildman–Crippen LogP) is 0.836. The van der Waals surface area contributed by atoms with Crippen molar-refractivity contribution in [1.29, 1.82) is 0 Å². The molecule has 0 bridgehead atoms. The standard InChI is InChI=1S/C3H8S.43W/c1-2-3-4;;;;;;;;;;;;;;;;;;;;;;;;;;;;;;;;;;;;;;;;;;;/h4H,2-3H2,1H3;;;;;;;;;;;;;;;;;;;;;;;;;;;;;;;;;;;;;;;;;;;/p-1. The average molecular weight is 7980 g/mol. The van der Waals surface area contributed by atoms with Gasteiger partial charge in [-0.15, -0.1) is 0 Å². The minimum Gasteiger partial charge on any atom is -0.793 e. The fourth-order valence-corrected chi connectivity index (χ4v) is 0. The van der Waals surface area contributed by atoms with E-state index in [0.29, 0.717) is 0 Å². The van der Waals surface area contributed by atoms with Crippen molar-refractivity contribution in [3.63, 3.8) is 0 Å². The van der Waals surface area contributed by atoms with E-state index in [2.05, 4.69) is 19.6 Å². The van der Waals surface area contributed by atoms with Crippen molar-refractivity contribution in [1.82, 2.24) is 0 Å². The Kier molecular flexibility index (Phi) is 3640. The molecule has 0 aromatic rings. The van der Waals surface area contributed by atoms with E-state index >= 15 is 0 Å². The van der Waals surface area contributed by atoms with Crippen LogP contribution in [0, 0.1) is 0 Å². The molecule has 0 aromatic heterocycles.